The van der Waals surface area contributed by atoms with Gasteiger partial charge in [0.15, 0.2) is 0 Å². The molecule has 0 fully saturated rings. The van der Waals surface area contributed by atoms with E-state index in [2.05, 4.69) is 12.2 Å². The number of nitrogens with one attached hydrogen (secondary N) is 1. The SMILES string of the molecule is CCCCCNC(=O)N(CC)CCO. The van der Waals surface area contributed by atoms with E-state index in [4.69, 9.17) is 5.11 Å². The van der Waals surface area contributed by atoms with E-state index < -0.39 is 0 Å². The quantitative estimate of drug-likeness (QED) is 0.609. The van der Waals surface area contributed by atoms with Gasteiger partial charge in [0.05, 0.1) is 6.61 Å². The lowest BCUT2D eigenvalue weighted by molar-refractivity contribution is 0.180. The van der Waals surface area contributed by atoms with Gasteiger partial charge in [0.2, 0.25) is 0 Å². The highest BCUT2D eigenvalue weighted by Crippen LogP contribution is 1.93. The first-order valence-corrected chi connectivity index (χ1v) is 5.39. The van der Waals surface area contributed by atoms with Gasteiger partial charge < -0.3 is 15.3 Å². The molecule has 0 aliphatic carbocycles. The minimum absolute atomic E-state index is 0.0240. The molecule has 2 amide bonds. The van der Waals surface area contributed by atoms with Crippen molar-refractivity contribution in [1.29, 1.82) is 0 Å². The molecule has 0 aromatic carbocycles. The van der Waals surface area contributed by atoms with Crippen molar-refractivity contribution in [3.8, 4) is 0 Å². The first kappa shape index (κ1) is 13.2. The summed E-state index contributed by atoms with van der Waals surface area (Å²) >= 11 is 0. The van der Waals surface area contributed by atoms with Crippen molar-refractivity contribution in [3.63, 3.8) is 0 Å². The number of aliphatic hydroxyl groups is 1. The highest BCUT2D eigenvalue weighted by molar-refractivity contribution is 5.74. The van der Waals surface area contributed by atoms with Gasteiger partial charge in [-0.1, -0.05) is 19.8 Å². The van der Waals surface area contributed by atoms with E-state index in [1.807, 2.05) is 6.92 Å². The number of carbonyl (C=O) groups is 1. The summed E-state index contributed by atoms with van der Waals surface area (Å²) in [4.78, 5) is 13.0. The molecule has 4 heteroatoms. The Kier molecular flexibility index (Phi) is 8.33. The lowest BCUT2D eigenvalue weighted by Gasteiger charge is -2.20. The number of rotatable bonds is 7. The lowest BCUT2D eigenvalue weighted by atomic mass is 10.2. The number of urea groups is 1. The second-order valence-corrected chi connectivity index (χ2v) is 3.24. The maximum absolute atomic E-state index is 11.4. The molecule has 0 saturated carbocycles. The van der Waals surface area contributed by atoms with Gasteiger partial charge in [-0.05, 0) is 13.3 Å². The van der Waals surface area contributed by atoms with Crippen LogP contribution < -0.4 is 5.32 Å². The van der Waals surface area contributed by atoms with E-state index in [0.29, 0.717) is 13.1 Å². The molecule has 0 aromatic rings. The smallest absolute Gasteiger partial charge is 0.317 e. The van der Waals surface area contributed by atoms with Crippen LogP contribution in [0, 0.1) is 0 Å². The molecule has 0 unspecified atom stereocenters. The Labute approximate surface area is 86.3 Å². The zero-order chi connectivity index (χ0) is 10.8. The number of likely N-dealkylation sites (N-methyl/N-ethyl adjacent to an activating group) is 1. The number of hydrogen-bond donors (Lipinski definition) is 2. The van der Waals surface area contributed by atoms with Crippen LogP contribution in [0.1, 0.15) is 33.1 Å². The second-order valence-electron chi connectivity index (χ2n) is 3.24. The van der Waals surface area contributed by atoms with Crippen molar-refractivity contribution in [2.24, 2.45) is 0 Å². The van der Waals surface area contributed by atoms with E-state index in [-0.39, 0.29) is 12.6 Å². The van der Waals surface area contributed by atoms with Gasteiger partial charge in [0, 0.05) is 19.6 Å². The van der Waals surface area contributed by atoms with Crippen LogP contribution in [0.2, 0.25) is 0 Å². The summed E-state index contributed by atoms with van der Waals surface area (Å²) in [5.41, 5.74) is 0. The molecule has 0 atom stereocenters. The van der Waals surface area contributed by atoms with E-state index in [1.54, 1.807) is 4.90 Å². The van der Waals surface area contributed by atoms with Gasteiger partial charge >= 0.3 is 6.03 Å². The number of hydrogen-bond acceptors (Lipinski definition) is 2. The molecule has 0 bridgehead atoms. The summed E-state index contributed by atoms with van der Waals surface area (Å²) in [6.07, 6.45) is 3.33. The zero-order valence-electron chi connectivity index (χ0n) is 9.25. The predicted molar refractivity (Wildman–Crippen MR) is 57.3 cm³/mol. The Balaban J connectivity index is 3.58. The molecule has 2 N–H and O–H groups in total. The topological polar surface area (TPSA) is 52.6 Å². The fourth-order valence-electron chi connectivity index (χ4n) is 1.21. The minimum atomic E-state index is -0.0716. The third kappa shape index (κ3) is 5.80. The van der Waals surface area contributed by atoms with Crippen LogP contribution >= 0.6 is 0 Å². The van der Waals surface area contributed by atoms with Crippen molar-refractivity contribution in [2.45, 2.75) is 33.1 Å². The van der Waals surface area contributed by atoms with Gasteiger partial charge in [0.1, 0.15) is 0 Å². The molecule has 0 radical (unpaired) electrons. The summed E-state index contributed by atoms with van der Waals surface area (Å²) < 4.78 is 0. The first-order chi connectivity index (χ1) is 6.76. The van der Waals surface area contributed by atoms with Gasteiger partial charge in [-0.3, -0.25) is 0 Å². The number of unbranched alkanes of at least 4 members (excludes halogenated alkanes) is 2. The molecule has 0 aromatic heterocycles. The van der Waals surface area contributed by atoms with Gasteiger partial charge in [-0.25, -0.2) is 4.79 Å². The number of amides is 2. The van der Waals surface area contributed by atoms with Crippen molar-refractivity contribution in [3.05, 3.63) is 0 Å². The molecule has 0 saturated heterocycles. The molecular formula is C10H22N2O2. The molecule has 0 heterocycles. The average molecular weight is 202 g/mol. The van der Waals surface area contributed by atoms with Crippen LogP contribution in [0.5, 0.6) is 0 Å². The molecule has 84 valence electrons. The molecule has 0 aliphatic rings. The van der Waals surface area contributed by atoms with Crippen LogP contribution in [0.25, 0.3) is 0 Å². The Morgan fingerprint density at radius 3 is 2.57 bits per heavy atom. The van der Waals surface area contributed by atoms with E-state index >= 15 is 0 Å². The van der Waals surface area contributed by atoms with Crippen molar-refractivity contribution >= 4 is 6.03 Å². The summed E-state index contributed by atoms with van der Waals surface area (Å²) in [7, 11) is 0. The minimum Gasteiger partial charge on any atom is -0.395 e. The maximum Gasteiger partial charge on any atom is 0.317 e. The largest absolute Gasteiger partial charge is 0.395 e. The Morgan fingerprint density at radius 1 is 1.36 bits per heavy atom. The number of aliphatic hydroxyl groups excluding tert-OH is 1. The van der Waals surface area contributed by atoms with Crippen LogP contribution in [-0.4, -0.2) is 42.3 Å². The third-order valence-corrected chi connectivity index (χ3v) is 2.10. The predicted octanol–water partition coefficient (Wildman–Crippen LogP) is 1.20. The molecule has 0 spiro atoms. The van der Waals surface area contributed by atoms with Crippen molar-refractivity contribution < 1.29 is 9.90 Å². The van der Waals surface area contributed by atoms with Gasteiger partial charge in [0.25, 0.3) is 0 Å². The first-order valence-electron chi connectivity index (χ1n) is 5.39. The van der Waals surface area contributed by atoms with Crippen LogP contribution in [0.15, 0.2) is 0 Å². The van der Waals surface area contributed by atoms with Crippen LogP contribution in [0.3, 0.4) is 0 Å². The lowest BCUT2D eigenvalue weighted by Crippen LogP contribution is -2.41. The van der Waals surface area contributed by atoms with Gasteiger partial charge in [-0.15, -0.1) is 0 Å². The Hall–Kier alpha value is -0.770. The third-order valence-electron chi connectivity index (χ3n) is 2.10. The highest BCUT2D eigenvalue weighted by Gasteiger charge is 2.08. The maximum atomic E-state index is 11.4. The second kappa shape index (κ2) is 8.81. The van der Waals surface area contributed by atoms with E-state index in [0.717, 1.165) is 25.8 Å². The highest BCUT2D eigenvalue weighted by atomic mass is 16.3. The Bertz CT molecular complexity index is 151. The van der Waals surface area contributed by atoms with Crippen LogP contribution in [-0.2, 0) is 0 Å². The van der Waals surface area contributed by atoms with Crippen molar-refractivity contribution in [2.75, 3.05) is 26.2 Å². The normalized spacial score (nSPS) is 9.93. The molecular weight excluding hydrogens is 180 g/mol. The molecule has 14 heavy (non-hydrogen) atoms. The van der Waals surface area contributed by atoms with E-state index in [9.17, 15) is 4.79 Å². The fraction of sp³-hybridized carbons (Fsp3) is 0.900. The fourth-order valence-corrected chi connectivity index (χ4v) is 1.21. The zero-order valence-corrected chi connectivity index (χ0v) is 9.25. The summed E-state index contributed by atoms with van der Waals surface area (Å²) in [5, 5.41) is 11.5. The standard InChI is InChI=1S/C10H22N2O2/c1-3-5-6-7-11-10(14)12(4-2)8-9-13/h13H,3-9H2,1-2H3,(H,11,14). The van der Waals surface area contributed by atoms with Crippen molar-refractivity contribution in [1.82, 2.24) is 10.2 Å². The number of carbonyl (C=O) groups excluding carboxylic acids is 1. The Morgan fingerprint density at radius 2 is 2.07 bits per heavy atom. The molecule has 0 aliphatic heterocycles. The molecule has 4 nitrogen and oxygen atoms in total. The average Bonchev–Trinajstić information content (AvgIpc) is 2.20. The van der Waals surface area contributed by atoms with Gasteiger partial charge in [-0.2, -0.15) is 0 Å². The molecule has 0 rings (SSSR count). The summed E-state index contributed by atoms with van der Waals surface area (Å²) in [6.45, 7) is 5.84. The van der Waals surface area contributed by atoms with E-state index in [1.165, 1.54) is 0 Å². The van der Waals surface area contributed by atoms with Crippen LogP contribution in [0.4, 0.5) is 4.79 Å². The number of nitrogens with zero attached hydrogens (tertiary/aromatic N) is 1. The summed E-state index contributed by atoms with van der Waals surface area (Å²) in [5.74, 6) is 0. The monoisotopic (exact) mass is 202 g/mol. The summed E-state index contributed by atoms with van der Waals surface area (Å²) in [6, 6.07) is -0.0716.